The van der Waals surface area contributed by atoms with Gasteiger partial charge < -0.3 is 15.7 Å². The van der Waals surface area contributed by atoms with E-state index in [0.717, 1.165) is 6.42 Å². The van der Waals surface area contributed by atoms with Gasteiger partial charge in [0.05, 0.1) is 12.1 Å². The predicted octanol–water partition coefficient (Wildman–Crippen LogP) is 0.798. The van der Waals surface area contributed by atoms with E-state index in [1.807, 2.05) is 12.1 Å². The summed E-state index contributed by atoms with van der Waals surface area (Å²) >= 11 is 0. The number of nitrogens with one attached hydrogen (secondary N) is 2. The highest BCUT2D eigenvalue weighted by molar-refractivity contribution is 5.85. The Bertz CT molecular complexity index is 426. The summed E-state index contributed by atoms with van der Waals surface area (Å²) in [6, 6.07) is 7.95. The largest absolute Gasteiger partial charge is 0.392 e. The Hall–Kier alpha value is -1.10. The molecule has 1 aliphatic rings. The number of carbonyl (C=O) groups excluding carboxylic acids is 1. The van der Waals surface area contributed by atoms with Crippen molar-refractivity contribution < 1.29 is 9.90 Å². The molecule has 2 atom stereocenters. The molecule has 2 unspecified atom stereocenters. The minimum atomic E-state index is -0.392. The summed E-state index contributed by atoms with van der Waals surface area (Å²) < 4.78 is 0. The Morgan fingerprint density at radius 2 is 2.21 bits per heavy atom. The van der Waals surface area contributed by atoms with Crippen molar-refractivity contribution in [3.63, 3.8) is 0 Å². The van der Waals surface area contributed by atoms with Crippen LogP contribution in [0.2, 0.25) is 0 Å². The molecule has 19 heavy (non-hydrogen) atoms. The van der Waals surface area contributed by atoms with Gasteiger partial charge in [-0.2, -0.15) is 0 Å². The van der Waals surface area contributed by atoms with Gasteiger partial charge in [-0.3, -0.25) is 4.79 Å². The van der Waals surface area contributed by atoms with E-state index in [-0.39, 0.29) is 24.4 Å². The molecule has 0 bridgehead atoms. The lowest BCUT2D eigenvalue weighted by molar-refractivity contribution is -0.122. The van der Waals surface area contributed by atoms with E-state index in [1.165, 1.54) is 11.1 Å². The van der Waals surface area contributed by atoms with Crippen molar-refractivity contribution in [3.8, 4) is 0 Å². The second-order valence-electron chi connectivity index (χ2n) is 4.82. The first-order chi connectivity index (χ1) is 8.66. The van der Waals surface area contributed by atoms with Crippen molar-refractivity contribution in [2.75, 3.05) is 13.1 Å². The number of amides is 1. The number of β-amino-alcohol motifs (C(OH)–C–C–N with tert-alkyl or cyclic N) is 1. The molecule has 1 amide bonds. The van der Waals surface area contributed by atoms with Crippen LogP contribution in [0.15, 0.2) is 24.3 Å². The maximum absolute atomic E-state index is 11.8. The Morgan fingerprint density at radius 1 is 1.47 bits per heavy atom. The molecule has 1 aromatic rings. The van der Waals surface area contributed by atoms with Gasteiger partial charge >= 0.3 is 0 Å². The van der Waals surface area contributed by atoms with Crippen LogP contribution in [0, 0.1) is 6.92 Å². The SMILES string of the molecule is Cc1ccccc1CCNC(=O)C1CC(O)CN1.Cl. The molecule has 0 spiro atoms. The van der Waals surface area contributed by atoms with Gasteiger partial charge in [0.25, 0.3) is 0 Å². The lowest BCUT2D eigenvalue weighted by atomic mass is 10.1. The lowest BCUT2D eigenvalue weighted by Crippen LogP contribution is -2.41. The summed E-state index contributed by atoms with van der Waals surface area (Å²) in [6.45, 7) is 3.22. The first kappa shape index (κ1) is 16.0. The van der Waals surface area contributed by atoms with Crippen molar-refractivity contribution in [1.29, 1.82) is 0 Å². The molecule has 0 aromatic heterocycles. The van der Waals surface area contributed by atoms with Gasteiger partial charge in [0.15, 0.2) is 0 Å². The molecular weight excluding hydrogens is 264 g/mol. The van der Waals surface area contributed by atoms with E-state index in [4.69, 9.17) is 0 Å². The number of halogens is 1. The minimum absolute atomic E-state index is 0. The topological polar surface area (TPSA) is 61.4 Å². The van der Waals surface area contributed by atoms with Crippen LogP contribution in [0.4, 0.5) is 0 Å². The van der Waals surface area contributed by atoms with Gasteiger partial charge in [-0.25, -0.2) is 0 Å². The number of hydrogen-bond acceptors (Lipinski definition) is 3. The van der Waals surface area contributed by atoms with Crippen LogP contribution in [-0.4, -0.2) is 36.2 Å². The van der Waals surface area contributed by atoms with Crippen molar-refractivity contribution >= 4 is 18.3 Å². The fourth-order valence-electron chi connectivity index (χ4n) is 2.25. The van der Waals surface area contributed by atoms with Crippen molar-refractivity contribution in [2.24, 2.45) is 0 Å². The number of aliphatic hydroxyl groups is 1. The minimum Gasteiger partial charge on any atom is -0.392 e. The fourth-order valence-corrected chi connectivity index (χ4v) is 2.25. The first-order valence-electron chi connectivity index (χ1n) is 6.40. The quantitative estimate of drug-likeness (QED) is 0.766. The molecule has 0 radical (unpaired) electrons. The van der Waals surface area contributed by atoms with Gasteiger partial charge in [0.2, 0.25) is 5.91 Å². The van der Waals surface area contributed by atoms with Gasteiger partial charge in [-0.15, -0.1) is 12.4 Å². The number of aliphatic hydroxyl groups excluding tert-OH is 1. The van der Waals surface area contributed by atoms with E-state index in [0.29, 0.717) is 19.5 Å². The predicted molar refractivity (Wildman–Crippen MR) is 77.6 cm³/mol. The zero-order valence-corrected chi connectivity index (χ0v) is 11.9. The molecule has 106 valence electrons. The number of benzene rings is 1. The van der Waals surface area contributed by atoms with E-state index in [2.05, 4.69) is 29.7 Å². The van der Waals surface area contributed by atoms with Crippen molar-refractivity contribution in [2.45, 2.75) is 31.9 Å². The third-order valence-corrected chi connectivity index (χ3v) is 3.38. The highest BCUT2D eigenvalue weighted by Gasteiger charge is 2.27. The molecular formula is C14H21ClN2O2. The maximum atomic E-state index is 11.8. The van der Waals surface area contributed by atoms with E-state index in [1.54, 1.807) is 0 Å². The van der Waals surface area contributed by atoms with Gasteiger partial charge in [0.1, 0.15) is 0 Å². The number of rotatable bonds is 4. The Labute approximate surface area is 120 Å². The summed E-state index contributed by atoms with van der Waals surface area (Å²) in [4.78, 5) is 11.8. The first-order valence-corrected chi connectivity index (χ1v) is 6.40. The Morgan fingerprint density at radius 3 is 2.84 bits per heavy atom. The van der Waals surface area contributed by atoms with Crippen LogP contribution in [-0.2, 0) is 11.2 Å². The maximum Gasteiger partial charge on any atom is 0.237 e. The highest BCUT2D eigenvalue weighted by atomic mass is 35.5. The summed E-state index contributed by atoms with van der Waals surface area (Å²) in [5.74, 6) is -0.0138. The Kier molecular flexibility index (Phi) is 6.28. The average Bonchev–Trinajstić information content (AvgIpc) is 2.78. The molecule has 3 N–H and O–H groups in total. The third kappa shape index (κ3) is 4.49. The third-order valence-electron chi connectivity index (χ3n) is 3.38. The smallest absolute Gasteiger partial charge is 0.237 e. The summed E-state index contributed by atoms with van der Waals surface area (Å²) in [5.41, 5.74) is 2.51. The van der Waals surface area contributed by atoms with Crippen LogP contribution in [0.5, 0.6) is 0 Å². The molecule has 1 saturated heterocycles. The molecule has 1 heterocycles. The molecule has 1 fully saturated rings. The van der Waals surface area contributed by atoms with E-state index < -0.39 is 6.10 Å². The molecule has 1 aliphatic heterocycles. The lowest BCUT2D eigenvalue weighted by Gasteiger charge is -2.11. The summed E-state index contributed by atoms with van der Waals surface area (Å²) in [7, 11) is 0. The normalized spacial score (nSPS) is 21.8. The molecule has 0 saturated carbocycles. The van der Waals surface area contributed by atoms with E-state index >= 15 is 0 Å². The zero-order valence-electron chi connectivity index (χ0n) is 11.1. The van der Waals surface area contributed by atoms with Gasteiger partial charge in [-0.05, 0) is 30.9 Å². The summed E-state index contributed by atoms with van der Waals surface area (Å²) in [6.07, 6.45) is 0.960. The molecule has 1 aromatic carbocycles. The van der Waals surface area contributed by atoms with Crippen LogP contribution >= 0.6 is 12.4 Å². The van der Waals surface area contributed by atoms with Crippen molar-refractivity contribution in [1.82, 2.24) is 10.6 Å². The zero-order chi connectivity index (χ0) is 13.0. The van der Waals surface area contributed by atoms with Crippen molar-refractivity contribution in [3.05, 3.63) is 35.4 Å². The highest BCUT2D eigenvalue weighted by Crippen LogP contribution is 2.08. The molecule has 5 heteroatoms. The number of hydrogen-bond donors (Lipinski definition) is 3. The average molecular weight is 285 g/mol. The fraction of sp³-hybridized carbons (Fsp3) is 0.500. The summed E-state index contributed by atoms with van der Waals surface area (Å²) in [5, 5.41) is 15.3. The second-order valence-corrected chi connectivity index (χ2v) is 4.82. The van der Waals surface area contributed by atoms with Crippen LogP contribution in [0.1, 0.15) is 17.5 Å². The van der Waals surface area contributed by atoms with Gasteiger partial charge in [0, 0.05) is 13.1 Å². The standard InChI is InChI=1S/C14H20N2O2.ClH/c1-10-4-2-3-5-11(10)6-7-15-14(18)13-8-12(17)9-16-13;/h2-5,12-13,16-17H,6-9H2,1H3,(H,15,18);1H. The molecule has 2 rings (SSSR count). The second kappa shape index (κ2) is 7.48. The number of carbonyl (C=O) groups is 1. The van der Waals surface area contributed by atoms with Crippen LogP contribution < -0.4 is 10.6 Å². The van der Waals surface area contributed by atoms with Gasteiger partial charge in [-0.1, -0.05) is 24.3 Å². The van der Waals surface area contributed by atoms with Crippen LogP contribution in [0.3, 0.4) is 0 Å². The number of aryl methyl sites for hydroxylation is 1. The van der Waals surface area contributed by atoms with E-state index in [9.17, 15) is 9.90 Å². The molecule has 0 aliphatic carbocycles. The van der Waals surface area contributed by atoms with Crippen LogP contribution in [0.25, 0.3) is 0 Å². The molecule has 4 nitrogen and oxygen atoms in total. The monoisotopic (exact) mass is 284 g/mol. The Balaban J connectivity index is 0.00000180.